The van der Waals surface area contributed by atoms with Crippen LogP contribution in [0.15, 0.2) is 23.0 Å². The van der Waals surface area contributed by atoms with Crippen molar-refractivity contribution in [2.24, 2.45) is 7.05 Å². The Morgan fingerprint density at radius 3 is 2.47 bits per heavy atom. The molecule has 0 amide bonds. The molecule has 0 aliphatic heterocycles. The Morgan fingerprint density at radius 1 is 1.32 bits per heavy atom. The summed E-state index contributed by atoms with van der Waals surface area (Å²) in [6.45, 7) is 1.55. The van der Waals surface area contributed by atoms with Crippen molar-refractivity contribution in [2.75, 3.05) is 19.0 Å². The number of aryl methyl sites for hydroxylation is 1. The smallest absolute Gasteiger partial charge is 0.352 e. The van der Waals surface area contributed by atoms with E-state index in [0.29, 0.717) is 10.9 Å². The van der Waals surface area contributed by atoms with Gasteiger partial charge in [0.1, 0.15) is 5.69 Å². The first kappa shape index (κ1) is 13.1. The molecule has 0 fully saturated rings. The highest BCUT2D eigenvalue weighted by Gasteiger charge is 2.17. The molecule has 0 bridgehead atoms. The maximum absolute atomic E-state index is 12.3. The zero-order chi connectivity index (χ0) is 14.3. The Hall–Kier alpha value is -2.30. The van der Waals surface area contributed by atoms with Crippen molar-refractivity contribution < 1.29 is 9.90 Å². The van der Waals surface area contributed by atoms with Gasteiger partial charge in [-0.3, -0.25) is 4.79 Å². The van der Waals surface area contributed by atoms with Crippen molar-refractivity contribution in [3.05, 3.63) is 39.7 Å². The molecule has 0 atom stereocenters. The number of fused-ring (bicyclic) bond motifs is 1. The Labute approximate surface area is 110 Å². The topological polar surface area (TPSA) is 62.5 Å². The largest absolute Gasteiger partial charge is 0.477 e. The third-order valence-corrected chi connectivity index (χ3v) is 3.34. The van der Waals surface area contributed by atoms with Gasteiger partial charge >= 0.3 is 5.97 Å². The fourth-order valence-electron chi connectivity index (χ4n) is 2.26. The average Bonchev–Trinajstić information content (AvgIpc) is 2.35. The van der Waals surface area contributed by atoms with Gasteiger partial charge < -0.3 is 14.6 Å². The van der Waals surface area contributed by atoms with Crippen LogP contribution in [0.25, 0.3) is 10.9 Å². The minimum Gasteiger partial charge on any atom is -0.477 e. The first-order chi connectivity index (χ1) is 8.84. The quantitative estimate of drug-likeness (QED) is 0.891. The van der Waals surface area contributed by atoms with Crippen LogP contribution in [0.2, 0.25) is 0 Å². The molecule has 0 aliphatic carbocycles. The summed E-state index contributed by atoms with van der Waals surface area (Å²) in [4.78, 5) is 25.4. The van der Waals surface area contributed by atoms with Gasteiger partial charge in [-0.15, -0.1) is 0 Å². The number of carboxylic acids is 1. The van der Waals surface area contributed by atoms with Crippen molar-refractivity contribution in [1.29, 1.82) is 0 Å². The van der Waals surface area contributed by atoms with Crippen LogP contribution in [0.4, 0.5) is 5.69 Å². The van der Waals surface area contributed by atoms with Crippen molar-refractivity contribution >= 4 is 22.6 Å². The molecular weight excluding hydrogens is 244 g/mol. The van der Waals surface area contributed by atoms with Crippen LogP contribution < -0.4 is 10.3 Å². The van der Waals surface area contributed by atoms with E-state index in [1.807, 2.05) is 25.1 Å². The van der Waals surface area contributed by atoms with Gasteiger partial charge in [0.2, 0.25) is 0 Å². The van der Waals surface area contributed by atoms with Crippen molar-refractivity contribution in [1.82, 2.24) is 4.57 Å². The maximum atomic E-state index is 12.3. The zero-order valence-corrected chi connectivity index (χ0v) is 11.4. The second-order valence-electron chi connectivity index (χ2n) is 4.76. The SMILES string of the molecule is Cc1c(C(=O)O)n(C)c2ccc(N(C)C)cc2c1=O. The molecule has 0 unspecified atom stereocenters. The molecule has 2 aromatic rings. The van der Waals surface area contributed by atoms with Gasteiger partial charge in [-0.1, -0.05) is 0 Å². The predicted molar refractivity (Wildman–Crippen MR) is 75.2 cm³/mol. The summed E-state index contributed by atoms with van der Waals surface area (Å²) in [5.41, 5.74) is 1.60. The second-order valence-corrected chi connectivity index (χ2v) is 4.76. The molecule has 2 rings (SSSR count). The molecule has 1 heterocycles. The number of aromatic nitrogens is 1. The monoisotopic (exact) mass is 260 g/mol. The van der Waals surface area contributed by atoms with Gasteiger partial charge in [-0.05, 0) is 25.1 Å². The lowest BCUT2D eigenvalue weighted by Gasteiger charge is -2.16. The van der Waals surface area contributed by atoms with Crippen LogP contribution >= 0.6 is 0 Å². The van der Waals surface area contributed by atoms with Gasteiger partial charge in [-0.25, -0.2) is 4.79 Å². The van der Waals surface area contributed by atoms with Crippen LogP contribution in [-0.4, -0.2) is 29.7 Å². The second kappa shape index (κ2) is 4.42. The molecule has 100 valence electrons. The number of hydrogen-bond acceptors (Lipinski definition) is 3. The van der Waals surface area contributed by atoms with Crippen LogP contribution in [0, 0.1) is 6.92 Å². The number of benzene rings is 1. The van der Waals surface area contributed by atoms with E-state index in [9.17, 15) is 14.7 Å². The predicted octanol–water partition coefficient (Wildman–Crippen LogP) is 1.61. The van der Waals surface area contributed by atoms with Gasteiger partial charge in [0.25, 0.3) is 0 Å². The molecule has 0 saturated carbocycles. The highest BCUT2D eigenvalue weighted by atomic mass is 16.4. The van der Waals surface area contributed by atoms with Gasteiger partial charge in [0.15, 0.2) is 5.43 Å². The van der Waals surface area contributed by atoms with E-state index >= 15 is 0 Å². The van der Waals surface area contributed by atoms with E-state index in [1.54, 1.807) is 30.7 Å². The van der Waals surface area contributed by atoms with Crippen LogP contribution in [-0.2, 0) is 7.05 Å². The number of nitrogens with zero attached hydrogens (tertiary/aromatic N) is 2. The number of pyridine rings is 1. The molecular formula is C14H16N2O3. The molecule has 1 aromatic carbocycles. The summed E-state index contributed by atoms with van der Waals surface area (Å²) in [5.74, 6) is -1.09. The molecule has 0 aliphatic rings. The number of carboxylic acid groups (broad SMARTS) is 1. The van der Waals surface area contributed by atoms with Crippen molar-refractivity contribution in [3.8, 4) is 0 Å². The minimum atomic E-state index is -1.09. The third kappa shape index (κ3) is 1.97. The number of hydrogen-bond donors (Lipinski definition) is 1. The minimum absolute atomic E-state index is 0.0371. The maximum Gasteiger partial charge on any atom is 0.352 e. The van der Waals surface area contributed by atoms with E-state index < -0.39 is 5.97 Å². The molecule has 1 N–H and O–H groups in total. The number of rotatable bonds is 2. The lowest BCUT2D eigenvalue weighted by atomic mass is 10.1. The van der Waals surface area contributed by atoms with E-state index in [4.69, 9.17) is 0 Å². The first-order valence-corrected chi connectivity index (χ1v) is 5.88. The summed E-state index contributed by atoms with van der Waals surface area (Å²) < 4.78 is 1.55. The molecule has 0 radical (unpaired) electrons. The molecule has 0 saturated heterocycles. The summed E-state index contributed by atoms with van der Waals surface area (Å²) >= 11 is 0. The Balaban J connectivity index is 2.94. The highest BCUT2D eigenvalue weighted by Crippen LogP contribution is 2.20. The van der Waals surface area contributed by atoms with Crippen molar-refractivity contribution in [3.63, 3.8) is 0 Å². The normalized spacial score (nSPS) is 10.7. The first-order valence-electron chi connectivity index (χ1n) is 5.88. The van der Waals surface area contributed by atoms with Gasteiger partial charge in [0.05, 0.1) is 5.52 Å². The molecule has 0 spiro atoms. The van der Waals surface area contributed by atoms with E-state index in [1.165, 1.54) is 0 Å². The third-order valence-electron chi connectivity index (χ3n) is 3.34. The van der Waals surface area contributed by atoms with E-state index in [0.717, 1.165) is 5.69 Å². The lowest BCUT2D eigenvalue weighted by Crippen LogP contribution is -2.21. The lowest BCUT2D eigenvalue weighted by molar-refractivity contribution is 0.0685. The molecule has 5 nitrogen and oxygen atoms in total. The van der Waals surface area contributed by atoms with E-state index in [2.05, 4.69) is 0 Å². The summed E-state index contributed by atoms with van der Waals surface area (Å²) in [5, 5.41) is 9.74. The fourth-order valence-corrected chi connectivity index (χ4v) is 2.26. The summed E-state index contributed by atoms with van der Waals surface area (Å²) in [7, 11) is 5.45. The Morgan fingerprint density at radius 2 is 1.95 bits per heavy atom. The summed E-state index contributed by atoms with van der Waals surface area (Å²) in [6, 6.07) is 5.43. The van der Waals surface area contributed by atoms with Gasteiger partial charge in [-0.2, -0.15) is 0 Å². The number of carbonyl (C=O) groups is 1. The average molecular weight is 260 g/mol. The Kier molecular flexibility index (Phi) is 3.06. The van der Waals surface area contributed by atoms with E-state index in [-0.39, 0.29) is 16.7 Å². The van der Waals surface area contributed by atoms with Crippen LogP contribution in [0.5, 0.6) is 0 Å². The van der Waals surface area contributed by atoms with Crippen LogP contribution in [0.3, 0.4) is 0 Å². The van der Waals surface area contributed by atoms with Gasteiger partial charge in [0, 0.05) is 37.8 Å². The molecule has 19 heavy (non-hydrogen) atoms. The summed E-state index contributed by atoms with van der Waals surface area (Å²) in [6.07, 6.45) is 0. The zero-order valence-electron chi connectivity index (χ0n) is 11.4. The highest BCUT2D eigenvalue weighted by molar-refractivity contribution is 5.93. The van der Waals surface area contributed by atoms with Crippen molar-refractivity contribution in [2.45, 2.75) is 6.92 Å². The van der Waals surface area contributed by atoms with Crippen LogP contribution in [0.1, 0.15) is 16.1 Å². The number of anilines is 1. The molecule has 5 heteroatoms. The fraction of sp³-hybridized carbons (Fsp3) is 0.286. The molecule has 1 aromatic heterocycles. The standard InChI is InChI=1S/C14H16N2O3/c1-8-12(14(18)19)16(4)11-6-5-9(15(2)3)7-10(11)13(8)17/h5-7H,1-4H3,(H,18,19). The Bertz CT molecular complexity index is 730. The number of aromatic carboxylic acids is 1.